The Hall–Kier alpha value is -2.60. The van der Waals surface area contributed by atoms with Crippen molar-refractivity contribution in [1.82, 2.24) is 15.2 Å². The molecule has 140 valence electrons. The predicted molar refractivity (Wildman–Crippen MR) is 110 cm³/mol. The monoisotopic (exact) mass is 380 g/mol. The van der Waals surface area contributed by atoms with Crippen LogP contribution in [-0.2, 0) is 6.54 Å². The molecule has 0 amide bonds. The number of likely N-dealkylation sites (tertiary alicyclic amines) is 1. The number of thiophene rings is 1. The summed E-state index contributed by atoms with van der Waals surface area (Å²) in [5.74, 6) is 2.19. The largest absolute Gasteiger partial charge is 0.443 e. The minimum Gasteiger partial charge on any atom is -0.443 e. The lowest BCUT2D eigenvalue weighted by atomic mass is 9.99. The Bertz CT molecular complexity index is 873. The maximum atomic E-state index is 5.60. The average Bonchev–Trinajstić information content (AvgIpc) is 3.47. The van der Waals surface area contributed by atoms with Gasteiger partial charge in [-0.2, -0.15) is 0 Å². The van der Waals surface area contributed by atoms with Gasteiger partial charge in [0.25, 0.3) is 0 Å². The Balaban J connectivity index is 1.43. The molecule has 1 fully saturated rings. The summed E-state index contributed by atoms with van der Waals surface area (Å²) in [7, 11) is 0. The molecule has 3 aromatic rings. The third-order valence-electron chi connectivity index (χ3n) is 4.77. The highest BCUT2D eigenvalue weighted by Crippen LogP contribution is 2.27. The quantitative estimate of drug-likeness (QED) is 0.528. The number of rotatable bonds is 5. The van der Waals surface area contributed by atoms with Gasteiger partial charge in [-0.05, 0) is 30.4 Å². The maximum Gasteiger partial charge on any atom is 0.236 e. The summed E-state index contributed by atoms with van der Waals surface area (Å²) >= 11 is 1.63. The fraction of sp³-hybridized carbons (Fsp3) is 0.333. The van der Waals surface area contributed by atoms with Crippen molar-refractivity contribution in [2.75, 3.05) is 19.6 Å². The van der Waals surface area contributed by atoms with Gasteiger partial charge in [0.1, 0.15) is 12.0 Å². The number of nitrogens with one attached hydrogen (secondary N) is 1. The van der Waals surface area contributed by atoms with Crippen LogP contribution in [0.25, 0.3) is 10.8 Å². The molecule has 1 N–H and O–H groups in total. The molecule has 1 aliphatic heterocycles. The van der Waals surface area contributed by atoms with Crippen LogP contribution in [0.4, 0.5) is 0 Å². The van der Waals surface area contributed by atoms with Crippen LogP contribution in [0, 0.1) is 0 Å². The summed E-state index contributed by atoms with van der Waals surface area (Å²) < 4.78 is 5.60. The second kappa shape index (κ2) is 8.39. The number of oxazole rings is 1. The molecule has 0 spiro atoms. The van der Waals surface area contributed by atoms with E-state index in [4.69, 9.17) is 9.41 Å². The number of benzene rings is 1. The Morgan fingerprint density at radius 1 is 1.30 bits per heavy atom. The SMILES string of the molecule is CCNC(=NCc1coc(-c2cccs2)n1)N1CCC(c2ccccc2)C1. The molecule has 1 aromatic carbocycles. The molecular weight excluding hydrogens is 356 g/mol. The van der Waals surface area contributed by atoms with Crippen LogP contribution in [0.15, 0.2) is 63.5 Å². The number of aromatic nitrogens is 1. The lowest BCUT2D eigenvalue weighted by molar-refractivity contribution is 0.486. The molecule has 4 rings (SSSR count). The highest BCUT2D eigenvalue weighted by atomic mass is 32.1. The molecule has 0 aliphatic carbocycles. The number of hydrogen-bond acceptors (Lipinski definition) is 4. The zero-order valence-electron chi connectivity index (χ0n) is 15.5. The first kappa shape index (κ1) is 17.8. The van der Waals surface area contributed by atoms with E-state index >= 15 is 0 Å². The third kappa shape index (κ3) is 4.22. The van der Waals surface area contributed by atoms with Gasteiger partial charge in [0.05, 0.1) is 11.4 Å². The fourth-order valence-corrected chi connectivity index (χ4v) is 4.08. The van der Waals surface area contributed by atoms with Crippen molar-refractivity contribution in [1.29, 1.82) is 0 Å². The van der Waals surface area contributed by atoms with E-state index < -0.39 is 0 Å². The average molecular weight is 381 g/mol. The molecule has 0 radical (unpaired) electrons. The highest BCUT2D eigenvalue weighted by molar-refractivity contribution is 7.13. The molecule has 1 saturated heterocycles. The van der Waals surface area contributed by atoms with Crippen molar-refractivity contribution in [3.63, 3.8) is 0 Å². The summed E-state index contributed by atoms with van der Waals surface area (Å²) in [6, 6.07) is 14.8. The Labute approximate surface area is 163 Å². The first-order chi connectivity index (χ1) is 13.3. The predicted octanol–water partition coefficient (Wildman–Crippen LogP) is 4.36. The molecule has 2 aromatic heterocycles. The lowest BCUT2D eigenvalue weighted by Gasteiger charge is -2.21. The zero-order chi connectivity index (χ0) is 18.5. The van der Waals surface area contributed by atoms with Crippen LogP contribution < -0.4 is 5.32 Å². The smallest absolute Gasteiger partial charge is 0.236 e. The van der Waals surface area contributed by atoms with E-state index in [1.165, 1.54) is 5.56 Å². The standard InChI is InChI=1S/C21H24N4OS/c1-2-22-21(25-11-10-17(14-25)16-7-4-3-5-8-16)23-13-18-15-26-20(24-18)19-9-6-12-27-19/h3-9,12,15,17H,2,10-11,13-14H2,1H3,(H,22,23). The molecule has 0 saturated carbocycles. The van der Waals surface area contributed by atoms with Crippen LogP contribution in [0.3, 0.4) is 0 Å². The third-order valence-corrected chi connectivity index (χ3v) is 5.63. The van der Waals surface area contributed by atoms with E-state index in [0.717, 1.165) is 42.6 Å². The number of guanidine groups is 1. The van der Waals surface area contributed by atoms with E-state index in [0.29, 0.717) is 18.4 Å². The van der Waals surface area contributed by atoms with E-state index in [2.05, 4.69) is 52.5 Å². The summed E-state index contributed by atoms with van der Waals surface area (Å²) in [6.45, 7) is 5.49. The first-order valence-corrected chi connectivity index (χ1v) is 10.3. The van der Waals surface area contributed by atoms with Crippen molar-refractivity contribution in [3.05, 3.63) is 65.4 Å². The molecule has 6 heteroatoms. The topological polar surface area (TPSA) is 53.7 Å². The van der Waals surface area contributed by atoms with Crippen LogP contribution >= 0.6 is 11.3 Å². The Kier molecular flexibility index (Phi) is 5.53. The van der Waals surface area contributed by atoms with Crippen molar-refractivity contribution in [2.24, 2.45) is 4.99 Å². The van der Waals surface area contributed by atoms with Gasteiger partial charge in [0.15, 0.2) is 5.96 Å². The Morgan fingerprint density at radius 3 is 2.96 bits per heavy atom. The van der Waals surface area contributed by atoms with Gasteiger partial charge in [-0.3, -0.25) is 0 Å². The second-order valence-corrected chi connectivity index (χ2v) is 7.58. The second-order valence-electron chi connectivity index (χ2n) is 6.63. The lowest BCUT2D eigenvalue weighted by Crippen LogP contribution is -2.40. The van der Waals surface area contributed by atoms with Gasteiger partial charge in [-0.25, -0.2) is 9.98 Å². The van der Waals surface area contributed by atoms with E-state index in [1.54, 1.807) is 17.6 Å². The molecule has 27 heavy (non-hydrogen) atoms. The van der Waals surface area contributed by atoms with Crippen molar-refractivity contribution in [3.8, 4) is 10.8 Å². The highest BCUT2D eigenvalue weighted by Gasteiger charge is 2.25. The van der Waals surface area contributed by atoms with E-state index in [-0.39, 0.29) is 0 Å². The maximum absolute atomic E-state index is 5.60. The van der Waals surface area contributed by atoms with Gasteiger partial charge in [0, 0.05) is 25.6 Å². The molecule has 1 atom stereocenters. The van der Waals surface area contributed by atoms with Crippen molar-refractivity contribution >= 4 is 17.3 Å². The molecule has 1 aliphatic rings. The van der Waals surface area contributed by atoms with Crippen molar-refractivity contribution < 1.29 is 4.42 Å². The van der Waals surface area contributed by atoms with Gasteiger partial charge < -0.3 is 14.6 Å². The van der Waals surface area contributed by atoms with Gasteiger partial charge in [0.2, 0.25) is 5.89 Å². The van der Waals surface area contributed by atoms with Crippen molar-refractivity contribution in [2.45, 2.75) is 25.8 Å². The number of hydrogen-bond donors (Lipinski definition) is 1. The summed E-state index contributed by atoms with van der Waals surface area (Å²) in [4.78, 5) is 12.8. The van der Waals surface area contributed by atoms with Gasteiger partial charge in [-0.1, -0.05) is 36.4 Å². The van der Waals surface area contributed by atoms with Crippen LogP contribution in [0.2, 0.25) is 0 Å². The minimum atomic E-state index is 0.518. The molecular formula is C21H24N4OS. The van der Waals surface area contributed by atoms with Gasteiger partial charge in [-0.15, -0.1) is 11.3 Å². The molecule has 1 unspecified atom stereocenters. The van der Waals surface area contributed by atoms with E-state index in [9.17, 15) is 0 Å². The van der Waals surface area contributed by atoms with Crippen LogP contribution in [0.5, 0.6) is 0 Å². The fourth-order valence-electron chi connectivity index (χ4n) is 3.42. The summed E-state index contributed by atoms with van der Waals surface area (Å²) in [6.07, 6.45) is 2.86. The van der Waals surface area contributed by atoms with Crippen LogP contribution in [0.1, 0.15) is 30.5 Å². The Morgan fingerprint density at radius 2 is 2.19 bits per heavy atom. The summed E-state index contributed by atoms with van der Waals surface area (Å²) in [5, 5.41) is 5.45. The minimum absolute atomic E-state index is 0.518. The van der Waals surface area contributed by atoms with Crippen LogP contribution in [-0.4, -0.2) is 35.5 Å². The number of aliphatic imine (C=N–C) groups is 1. The normalized spacial score (nSPS) is 17.4. The first-order valence-electron chi connectivity index (χ1n) is 9.40. The number of nitrogens with zero attached hydrogens (tertiary/aromatic N) is 3. The summed E-state index contributed by atoms with van der Waals surface area (Å²) in [5.41, 5.74) is 2.26. The molecule has 5 nitrogen and oxygen atoms in total. The molecule has 3 heterocycles. The van der Waals surface area contributed by atoms with E-state index in [1.807, 2.05) is 17.5 Å². The molecule has 0 bridgehead atoms. The zero-order valence-corrected chi connectivity index (χ0v) is 16.3. The van der Waals surface area contributed by atoms with Gasteiger partial charge >= 0.3 is 0 Å².